The first-order valence-electron chi connectivity index (χ1n) is 18.3. The van der Waals surface area contributed by atoms with Gasteiger partial charge in [0.2, 0.25) is 0 Å². The van der Waals surface area contributed by atoms with Crippen molar-refractivity contribution in [3.05, 3.63) is 212 Å². The summed E-state index contributed by atoms with van der Waals surface area (Å²) in [4.78, 5) is 0. The third-order valence-electron chi connectivity index (χ3n) is 10.6. The molecule has 1 nitrogen and oxygen atoms in total. The molecule has 10 rings (SSSR count). The smallest absolute Gasteiger partial charge is 0.0541 e. The van der Waals surface area contributed by atoms with Gasteiger partial charge in [-0.1, -0.05) is 170 Å². The molecule has 248 valence electrons. The maximum Gasteiger partial charge on any atom is 0.0541 e. The van der Waals surface area contributed by atoms with E-state index in [1.54, 1.807) is 0 Å². The Hall–Kier alpha value is -6.96. The fraction of sp³-hybridized carbons (Fsp3) is 0. The monoisotopic (exact) mass is 673 g/mol. The van der Waals surface area contributed by atoms with Crippen molar-refractivity contribution >= 4 is 32.6 Å². The molecule has 9 aromatic carbocycles. The lowest BCUT2D eigenvalue weighted by Crippen LogP contribution is -1.93. The summed E-state index contributed by atoms with van der Waals surface area (Å²) in [5.74, 6) is 0. The molecule has 0 unspecified atom stereocenters. The van der Waals surface area contributed by atoms with E-state index in [1.807, 2.05) is 0 Å². The van der Waals surface area contributed by atoms with E-state index >= 15 is 0 Å². The first kappa shape index (κ1) is 30.8. The molecule has 0 atom stereocenters. The van der Waals surface area contributed by atoms with E-state index in [-0.39, 0.29) is 0 Å². The fourth-order valence-electron chi connectivity index (χ4n) is 8.02. The van der Waals surface area contributed by atoms with Gasteiger partial charge in [0.05, 0.1) is 11.0 Å². The molecule has 0 N–H and O–H groups in total. The first-order valence-corrected chi connectivity index (χ1v) is 18.3. The van der Waals surface area contributed by atoms with Crippen molar-refractivity contribution in [2.75, 3.05) is 0 Å². The second-order valence-corrected chi connectivity index (χ2v) is 13.7. The van der Waals surface area contributed by atoms with Crippen LogP contribution in [-0.2, 0) is 0 Å². The average molecular weight is 674 g/mol. The zero-order chi connectivity index (χ0) is 35.1. The molecule has 0 amide bonds. The van der Waals surface area contributed by atoms with Crippen LogP contribution in [0.3, 0.4) is 0 Å². The number of rotatable bonds is 6. The molecule has 0 spiro atoms. The molecule has 1 heterocycles. The minimum absolute atomic E-state index is 1.16. The number of hydrogen-bond donors (Lipinski definition) is 0. The number of benzene rings is 9. The fourth-order valence-corrected chi connectivity index (χ4v) is 8.02. The van der Waals surface area contributed by atoms with Crippen molar-refractivity contribution < 1.29 is 0 Å². The van der Waals surface area contributed by atoms with Crippen molar-refractivity contribution in [3.63, 3.8) is 0 Å². The Kier molecular flexibility index (Phi) is 7.55. The Morgan fingerprint density at radius 3 is 1.02 bits per heavy atom. The summed E-state index contributed by atoms with van der Waals surface area (Å²) in [5, 5.41) is 5.06. The quantitative estimate of drug-likeness (QED) is 0.166. The van der Waals surface area contributed by atoms with Crippen LogP contribution in [0.4, 0.5) is 0 Å². The molecule has 0 saturated carbocycles. The first-order chi connectivity index (χ1) is 26.3. The molecule has 0 aliphatic heterocycles. The van der Waals surface area contributed by atoms with Crippen LogP contribution >= 0.6 is 0 Å². The van der Waals surface area contributed by atoms with Crippen LogP contribution in [0.25, 0.3) is 93.9 Å². The van der Waals surface area contributed by atoms with E-state index in [4.69, 9.17) is 0 Å². The largest absolute Gasteiger partial charge is 0.309 e. The van der Waals surface area contributed by atoms with Gasteiger partial charge in [-0.15, -0.1) is 0 Å². The van der Waals surface area contributed by atoms with Crippen molar-refractivity contribution in [2.45, 2.75) is 0 Å². The number of hydrogen-bond acceptors (Lipinski definition) is 0. The molecular weight excluding hydrogens is 639 g/mol. The van der Waals surface area contributed by atoms with Crippen molar-refractivity contribution in [1.29, 1.82) is 0 Å². The highest BCUT2D eigenvalue weighted by Gasteiger charge is 2.14. The van der Waals surface area contributed by atoms with E-state index in [2.05, 4.69) is 217 Å². The highest BCUT2D eigenvalue weighted by Crippen LogP contribution is 2.39. The SMILES string of the molecule is c1ccc(-c2cc(-c3ccccc3)cc(-c3ccc(-c4ccc(-c5ccc(-n6c7ccccc7c7ccccc76)cc5)c5ccccc45)cc3)c2)cc1. The number of fused-ring (bicyclic) bond motifs is 4. The van der Waals surface area contributed by atoms with E-state index in [1.165, 1.54) is 88.2 Å². The molecule has 10 aromatic rings. The predicted octanol–water partition coefficient (Wildman–Crippen LogP) is 14.3. The lowest BCUT2D eigenvalue weighted by Gasteiger charge is -2.14. The molecule has 0 fully saturated rings. The highest BCUT2D eigenvalue weighted by molar-refractivity contribution is 6.09. The van der Waals surface area contributed by atoms with Crippen molar-refractivity contribution in [3.8, 4) is 61.3 Å². The van der Waals surface area contributed by atoms with Gasteiger partial charge >= 0.3 is 0 Å². The summed E-state index contributed by atoms with van der Waals surface area (Å²) in [6.45, 7) is 0. The van der Waals surface area contributed by atoms with Crippen LogP contribution in [0.5, 0.6) is 0 Å². The van der Waals surface area contributed by atoms with Gasteiger partial charge < -0.3 is 4.57 Å². The van der Waals surface area contributed by atoms with E-state index < -0.39 is 0 Å². The highest BCUT2D eigenvalue weighted by atomic mass is 15.0. The summed E-state index contributed by atoms with van der Waals surface area (Å²) >= 11 is 0. The van der Waals surface area contributed by atoms with Crippen LogP contribution in [0.1, 0.15) is 0 Å². The van der Waals surface area contributed by atoms with Crippen LogP contribution in [0.2, 0.25) is 0 Å². The molecule has 1 aromatic heterocycles. The normalized spacial score (nSPS) is 11.4. The molecule has 0 bridgehead atoms. The Morgan fingerprint density at radius 1 is 0.226 bits per heavy atom. The molecule has 1 heteroatoms. The van der Waals surface area contributed by atoms with Gasteiger partial charge in [-0.3, -0.25) is 0 Å². The summed E-state index contributed by atoms with van der Waals surface area (Å²) in [6, 6.07) is 77.1. The third kappa shape index (κ3) is 5.51. The molecule has 0 aliphatic carbocycles. The van der Waals surface area contributed by atoms with Gasteiger partial charge in [-0.05, 0) is 109 Å². The maximum atomic E-state index is 2.37. The second kappa shape index (κ2) is 13.0. The topological polar surface area (TPSA) is 4.93 Å². The Morgan fingerprint density at radius 2 is 0.566 bits per heavy atom. The van der Waals surface area contributed by atoms with Crippen LogP contribution in [0.15, 0.2) is 212 Å². The second-order valence-electron chi connectivity index (χ2n) is 13.7. The van der Waals surface area contributed by atoms with E-state index in [0.717, 1.165) is 5.69 Å². The summed E-state index contributed by atoms with van der Waals surface area (Å²) in [5.41, 5.74) is 15.8. The Balaban J connectivity index is 1.01. The standard InChI is InChI=1S/C52H35N/c1-3-13-36(14-4-1)41-33-42(37-15-5-2-6-16-37)35-43(34-41)38-23-25-39(26-24-38)45-31-32-46(48-18-8-7-17-47(45)48)40-27-29-44(30-28-40)53-51-21-11-9-19-49(51)50-20-10-12-22-52(50)53/h1-35H. The minimum atomic E-state index is 1.16. The zero-order valence-corrected chi connectivity index (χ0v) is 29.2. The number of aromatic nitrogens is 1. The predicted molar refractivity (Wildman–Crippen MR) is 225 cm³/mol. The third-order valence-corrected chi connectivity index (χ3v) is 10.6. The number of nitrogens with zero attached hydrogens (tertiary/aromatic N) is 1. The van der Waals surface area contributed by atoms with Gasteiger partial charge in [0, 0.05) is 16.5 Å². The van der Waals surface area contributed by atoms with Crippen LogP contribution in [-0.4, -0.2) is 4.57 Å². The van der Waals surface area contributed by atoms with Gasteiger partial charge in [0.15, 0.2) is 0 Å². The lowest BCUT2D eigenvalue weighted by molar-refractivity contribution is 1.18. The average Bonchev–Trinajstić information content (AvgIpc) is 3.58. The Bertz CT molecular complexity index is 2790. The summed E-state index contributed by atoms with van der Waals surface area (Å²) < 4.78 is 2.37. The molecular formula is C52H35N. The molecule has 0 aliphatic rings. The maximum absolute atomic E-state index is 2.37. The summed E-state index contributed by atoms with van der Waals surface area (Å²) in [6.07, 6.45) is 0. The lowest BCUT2D eigenvalue weighted by atomic mass is 9.90. The minimum Gasteiger partial charge on any atom is -0.309 e. The van der Waals surface area contributed by atoms with Crippen molar-refractivity contribution in [1.82, 2.24) is 4.57 Å². The summed E-state index contributed by atoms with van der Waals surface area (Å²) in [7, 11) is 0. The molecule has 0 saturated heterocycles. The van der Waals surface area contributed by atoms with Crippen molar-refractivity contribution in [2.24, 2.45) is 0 Å². The van der Waals surface area contributed by atoms with Gasteiger partial charge in [-0.25, -0.2) is 0 Å². The van der Waals surface area contributed by atoms with Crippen LogP contribution < -0.4 is 0 Å². The molecule has 53 heavy (non-hydrogen) atoms. The number of para-hydroxylation sites is 2. The van der Waals surface area contributed by atoms with E-state index in [9.17, 15) is 0 Å². The van der Waals surface area contributed by atoms with Gasteiger partial charge in [0.1, 0.15) is 0 Å². The Labute approximate surface area is 309 Å². The van der Waals surface area contributed by atoms with E-state index in [0.29, 0.717) is 0 Å². The zero-order valence-electron chi connectivity index (χ0n) is 29.2. The molecule has 0 radical (unpaired) electrons. The van der Waals surface area contributed by atoms with Gasteiger partial charge in [-0.2, -0.15) is 0 Å². The van der Waals surface area contributed by atoms with Gasteiger partial charge in [0.25, 0.3) is 0 Å². The van der Waals surface area contributed by atoms with Crippen LogP contribution in [0, 0.1) is 0 Å².